The Labute approximate surface area is 93.3 Å². The molecule has 1 heterocycles. The Hall–Kier alpha value is -0.870. The first-order valence-corrected chi connectivity index (χ1v) is 4.98. The highest BCUT2D eigenvalue weighted by atomic mass is 35.5. The number of nitrogens with one attached hydrogen (secondary N) is 1. The summed E-state index contributed by atoms with van der Waals surface area (Å²) >= 11 is 5.56. The van der Waals surface area contributed by atoms with E-state index in [1.165, 1.54) is 12.3 Å². The topological polar surface area (TPSA) is 45.1 Å². The van der Waals surface area contributed by atoms with Crippen LogP contribution in [0.3, 0.4) is 0 Å². The van der Waals surface area contributed by atoms with Crippen LogP contribution in [0.5, 0.6) is 0 Å². The molecule has 0 unspecified atom stereocenters. The van der Waals surface area contributed by atoms with Gasteiger partial charge in [-0.1, -0.05) is 25.4 Å². The summed E-state index contributed by atoms with van der Waals surface area (Å²) in [5.74, 6) is -0.336. The number of hydrogen-bond donors (Lipinski definition) is 2. The van der Waals surface area contributed by atoms with Gasteiger partial charge in [-0.3, -0.25) is 0 Å². The van der Waals surface area contributed by atoms with Crippen molar-refractivity contribution in [3.05, 3.63) is 23.1 Å². The Kier molecular flexibility index (Phi) is 3.88. The summed E-state index contributed by atoms with van der Waals surface area (Å²) in [6.45, 7) is 4.20. The molecule has 0 aliphatic rings. The molecule has 0 radical (unpaired) electrons. The molecule has 0 fully saturated rings. The third-order valence-corrected chi connectivity index (χ3v) is 2.18. The first-order chi connectivity index (χ1) is 6.94. The van der Waals surface area contributed by atoms with Crippen molar-refractivity contribution in [2.45, 2.75) is 13.8 Å². The van der Waals surface area contributed by atoms with Crippen molar-refractivity contribution >= 4 is 17.4 Å². The van der Waals surface area contributed by atoms with Crippen molar-refractivity contribution in [1.29, 1.82) is 0 Å². The second kappa shape index (κ2) is 4.77. The molecule has 0 bridgehead atoms. The number of aliphatic hydroxyl groups excluding tert-OH is 1. The fourth-order valence-electron chi connectivity index (χ4n) is 0.924. The van der Waals surface area contributed by atoms with Crippen molar-refractivity contribution in [3.63, 3.8) is 0 Å². The molecular weight excluding hydrogens is 219 g/mol. The largest absolute Gasteiger partial charge is 0.396 e. The summed E-state index contributed by atoms with van der Waals surface area (Å²) in [5, 5.41) is 12.1. The summed E-state index contributed by atoms with van der Waals surface area (Å²) in [5.41, 5.74) is -0.312. The van der Waals surface area contributed by atoms with Crippen LogP contribution in [0.15, 0.2) is 12.3 Å². The quantitative estimate of drug-likeness (QED) is 0.838. The van der Waals surface area contributed by atoms with E-state index in [-0.39, 0.29) is 22.9 Å². The first-order valence-electron chi connectivity index (χ1n) is 4.60. The van der Waals surface area contributed by atoms with Gasteiger partial charge < -0.3 is 10.4 Å². The fraction of sp³-hybridized carbons (Fsp3) is 0.500. The zero-order chi connectivity index (χ0) is 11.5. The maximum absolute atomic E-state index is 13.3. The van der Waals surface area contributed by atoms with Crippen molar-refractivity contribution < 1.29 is 9.50 Å². The number of nitrogens with zero attached hydrogens (tertiary/aromatic N) is 1. The number of aliphatic hydroxyl groups is 1. The highest BCUT2D eigenvalue weighted by Gasteiger charge is 2.17. The van der Waals surface area contributed by atoms with Crippen LogP contribution in [0.2, 0.25) is 5.02 Å². The van der Waals surface area contributed by atoms with E-state index < -0.39 is 5.82 Å². The van der Waals surface area contributed by atoms with Gasteiger partial charge in [0, 0.05) is 24.8 Å². The van der Waals surface area contributed by atoms with Crippen molar-refractivity contribution in [1.82, 2.24) is 4.98 Å². The van der Waals surface area contributed by atoms with E-state index >= 15 is 0 Å². The predicted octanol–water partition coefficient (Wildman–Crippen LogP) is 2.30. The van der Waals surface area contributed by atoms with Gasteiger partial charge in [0.05, 0.1) is 5.02 Å². The van der Waals surface area contributed by atoms with Gasteiger partial charge >= 0.3 is 0 Å². The van der Waals surface area contributed by atoms with E-state index in [1.807, 2.05) is 13.8 Å². The first kappa shape index (κ1) is 12.2. The molecule has 0 spiro atoms. The lowest BCUT2D eigenvalue weighted by Gasteiger charge is -2.22. The Morgan fingerprint density at radius 2 is 2.27 bits per heavy atom. The molecule has 0 saturated heterocycles. The Balaban J connectivity index is 2.66. The molecule has 0 saturated carbocycles. The molecule has 1 aromatic heterocycles. The average Bonchev–Trinajstić information content (AvgIpc) is 2.16. The number of halogens is 2. The van der Waals surface area contributed by atoms with Crippen LogP contribution in [-0.4, -0.2) is 23.2 Å². The third kappa shape index (κ3) is 3.64. The SMILES string of the molecule is CC(C)(CO)CNc1ncc(Cl)cc1F. The Morgan fingerprint density at radius 1 is 1.60 bits per heavy atom. The van der Waals surface area contributed by atoms with Gasteiger partial charge in [-0.15, -0.1) is 0 Å². The smallest absolute Gasteiger partial charge is 0.166 e. The standard InChI is InChI=1S/C10H14ClFN2O/c1-10(2,6-15)5-14-9-8(12)3-7(11)4-13-9/h3-4,15H,5-6H2,1-2H3,(H,13,14). The Morgan fingerprint density at radius 3 is 2.80 bits per heavy atom. The molecule has 0 aliphatic carbocycles. The number of rotatable bonds is 4. The monoisotopic (exact) mass is 232 g/mol. The van der Waals surface area contributed by atoms with Gasteiger partial charge in [0.1, 0.15) is 0 Å². The van der Waals surface area contributed by atoms with Gasteiger partial charge in [-0.25, -0.2) is 9.37 Å². The van der Waals surface area contributed by atoms with E-state index in [0.29, 0.717) is 6.54 Å². The van der Waals surface area contributed by atoms with Gasteiger partial charge in [0.2, 0.25) is 0 Å². The molecule has 1 rings (SSSR count). The number of aromatic nitrogens is 1. The molecular formula is C10H14ClFN2O. The van der Waals surface area contributed by atoms with Gasteiger partial charge in [0.25, 0.3) is 0 Å². The van der Waals surface area contributed by atoms with Crippen LogP contribution < -0.4 is 5.32 Å². The number of pyridine rings is 1. The van der Waals surface area contributed by atoms with E-state index in [4.69, 9.17) is 16.7 Å². The average molecular weight is 233 g/mol. The van der Waals surface area contributed by atoms with E-state index in [9.17, 15) is 4.39 Å². The van der Waals surface area contributed by atoms with E-state index in [1.54, 1.807) is 0 Å². The lowest BCUT2D eigenvalue weighted by Crippen LogP contribution is -2.27. The van der Waals surface area contributed by atoms with Crippen molar-refractivity contribution in [2.75, 3.05) is 18.5 Å². The summed E-state index contributed by atoms with van der Waals surface area (Å²) in [6.07, 6.45) is 1.37. The molecule has 5 heteroatoms. The lowest BCUT2D eigenvalue weighted by atomic mass is 9.95. The molecule has 0 aliphatic heterocycles. The molecule has 15 heavy (non-hydrogen) atoms. The number of anilines is 1. The summed E-state index contributed by atoms with van der Waals surface area (Å²) in [7, 11) is 0. The molecule has 0 aromatic carbocycles. The maximum atomic E-state index is 13.3. The fourth-order valence-corrected chi connectivity index (χ4v) is 1.07. The van der Waals surface area contributed by atoms with Crippen LogP contribution in [0.1, 0.15) is 13.8 Å². The summed E-state index contributed by atoms with van der Waals surface area (Å²) in [6, 6.07) is 1.20. The zero-order valence-corrected chi connectivity index (χ0v) is 9.48. The van der Waals surface area contributed by atoms with Crippen molar-refractivity contribution in [2.24, 2.45) is 5.41 Å². The zero-order valence-electron chi connectivity index (χ0n) is 8.72. The second-order valence-electron chi connectivity index (χ2n) is 4.16. The number of hydrogen-bond acceptors (Lipinski definition) is 3. The minimum atomic E-state index is -0.490. The van der Waals surface area contributed by atoms with Crippen LogP contribution in [0, 0.1) is 11.2 Å². The summed E-state index contributed by atoms with van der Waals surface area (Å²) in [4.78, 5) is 3.82. The lowest BCUT2D eigenvalue weighted by molar-refractivity contribution is 0.170. The molecule has 1 aromatic rings. The minimum Gasteiger partial charge on any atom is -0.396 e. The van der Waals surface area contributed by atoms with Gasteiger partial charge in [-0.2, -0.15) is 0 Å². The van der Waals surface area contributed by atoms with E-state index in [0.717, 1.165) is 0 Å². The van der Waals surface area contributed by atoms with Crippen LogP contribution >= 0.6 is 11.6 Å². The molecule has 2 N–H and O–H groups in total. The minimum absolute atomic E-state index is 0.0230. The van der Waals surface area contributed by atoms with Crippen LogP contribution in [-0.2, 0) is 0 Å². The molecule has 84 valence electrons. The highest BCUT2D eigenvalue weighted by Crippen LogP contribution is 2.18. The van der Waals surface area contributed by atoms with E-state index in [2.05, 4.69) is 10.3 Å². The second-order valence-corrected chi connectivity index (χ2v) is 4.60. The van der Waals surface area contributed by atoms with Gasteiger partial charge in [0.15, 0.2) is 11.6 Å². The highest BCUT2D eigenvalue weighted by molar-refractivity contribution is 6.30. The maximum Gasteiger partial charge on any atom is 0.166 e. The molecule has 0 atom stereocenters. The van der Waals surface area contributed by atoms with Crippen molar-refractivity contribution in [3.8, 4) is 0 Å². The van der Waals surface area contributed by atoms with Gasteiger partial charge in [-0.05, 0) is 6.07 Å². The molecule has 3 nitrogen and oxygen atoms in total. The predicted molar refractivity (Wildman–Crippen MR) is 58.6 cm³/mol. The third-order valence-electron chi connectivity index (χ3n) is 1.97. The molecule has 0 amide bonds. The normalized spacial score (nSPS) is 11.5. The summed E-state index contributed by atoms with van der Waals surface area (Å²) < 4.78 is 13.3. The van der Waals surface area contributed by atoms with Crippen LogP contribution in [0.25, 0.3) is 0 Å². The van der Waals surface area contributed by atoms with Crippen LogP contribution in [0.4, 0.5) is 10.2 Å². The Bertz CT molecular complexity index is 344.